The molecule has 0 radical (unpaired) electrons. The maximum Gasteiger partial charge on any atom is 0.391 e. The second-order valence-corrected chi connectivity index (χ2v) is 2.76. The van der Waals surface area contributed by atoms with Crippen LogP contribution in [0, 0.1) is 0 Å². The van der Waals surface area contributed by atoms with E-state index >= 15 is 0 Å². The minimum Gasteiger partial charge on any atom is -0.396 e. The van der Waals surface area contributed by atoms with Gasteiger partial charge >= 0.3 is 6.18 Å². The summed E-state index contributed by atoms with van der Waals surface area (Å²) >= 11 is 0. The number of rotatable bonds is 3. The molecule has 0 aliphatic carbocycles. The first-order chi connectivity index (χ1) is 4.77. The van der Waals surface area contributed by atoms with Crippen LogP contribution in [0.3, 0.4) is 0 Å². The molecule has 0 heterocycles. The number of aliphatic hydroxyl groups excluding tert-OH is 1. The summed E-state index contributed by atoms with van der Waals surface area (Å²) in [6.45, 7) is 0.611. The minimum absolute atomic E-state index is 0.257. The standard InChI is InChI=1S/C6H11F3O2/c1-5(11,2-3-10)4-6(7,8)9/h10-11H,2-4H2,1H3. The van der Waals surface area contributed by atoms with Crippen LogP contribution in [0.15, 0.2) is 0 Å². The first-order valence-electron chi connectivity index (χ1n) is 3.17. The van der Waals surface area contributed by atoms with E-state index in [0.717, 1.165) is 6.92 Å². The third-order valence-corrected chi connectivity index (χ3v) is 1.23. The van der Waals surface area contributed by atoms with Gasteiger partial charge in [-0.1, -0.05) is 0 Å². The van der Waals surface area contributed by atoms with Crippen molar-refractivity contribution in [2.45, 2.75) is 31.5 Å². The van der Waals surface area contributed by atoms with Crippen molar-refractivity contribution in [2.24, 2.45) is 0 Å². The topological polar surface area (TPSA) is 40.5 Å². The third-order valence-electron chi connectivity index (χ3n) is 1.23. The normalized spacial score (nSPS) is 18.0. The molecule has 0 saturated heterocycles. The second-order valence-electron chi connectivity index (χ2n) is 2.76. The van der Waals surface area contributed by atoms with Gasteiger partial charge in [-0.05, 0) is 13.3 Å². The van der Waals surface area contributed by atoms with Crippen LogP contribution in [0.2, 0.25) is 0 Å². The van der Waals surface area contributed by atoms with Crippen molar-refractivity contribution in [3.05, 3.63) is 0 Å². The van der Waals surface area contributed by atoms with Crippen LogP contribution in [-0.4, -0.2) is 28.6 Å². The highest BCUT2D eigenvalue weighted by Crippen LogP contribution is 2.28. The SMILES string of the molecule is CC(O)(CCO)CC(F)(F)F. The molecule has 0 aliphatic rings. The lowest BCUT2D eigenvalue weighted by molar-refractivity contribution is -0.174. The minimum atomic E-state index is -4.38. The van der Waals surface area contributed by atoms with E-state index in [4.69, 9.17) is 10.2 Å². The molecule has 0 aromatic rings. The highest BCUT2D eigenvalue weighted by Gasteiger charge is 2.37. The molecule has 0 rings (SSSR count). The molecule has 0 bridgehead atoms. The Morgan fingerprint density at radius 1 is 1.27 bits per heavy atom. The molecule has 11 heavy (non-hydrogen) atoms. The molecule has 0 spiro atoms. The molecule has 0 amide bonds. The van der Waals surface area contributed by atoms with Crippen LogP contribution >= 0.6 is 0 Å². The number of hydrogen-bond donors (Lipinski definition) is 2. The van der Waals surface area contributed by atoms with Gasteiger partial charge in [0.25, 0.3) is 0 Å². The summed E-state index contributed by atoms with van der Waals surface area (Å²) in [5, 5.41) is 17.2. The van der Waals surface area contributed by atoms with Gasteiger partial charge in [-0.3, -0.25) is 0 Å². The maximum atomic E-state index is 11.6. The Bertz CT molecular complexity index is 119. The number of alkyl halides is 3. The lowest BCUT2D eigenvalue weighted by atomic mass is 9.99. The Morgan fingerprint density at radius 2 is 1.73 bits per heavy atom. The van der Waals surface area contributed by atoms with Crippen molar-refractivity contribution in [1.82, 2.24) is 0 Å². The van der Waals surface area contributed by atoms with E-state index in [9.17, 15) is 13.2 Å². The fourth-order valence-corrected chi connectivity index (χ4v) is 0.761. The molecule has 68 valence electrons. The summed E-state index contributed by atoms with van der Waals surface area (Å²) in [4.78, 5) is 0. The zero-order valence-electron chi connectivity index (χ0n) is 6.15. The van der Waals surface area contributed by atoms with Gasteiger partial charge in [-0.15, -0.1) is 0 Å². The molecule has 5 heteroatoms. The van der Waals surface area contributed by atoms with E-state index in [0.29, 0.717) is 0 Å². The van der Waals surface area contributed by atoms with E-state index in [1.165, 1.54) is 0 Å². The van der Waals surface area contributed by atoms with Gasteiger partial charge in [-0.2, -0.15) is 13.2 Å². The van der Waals surface area contributed by atoms with E-state index in [1.54, 1.807) is 0 Å². The molecule has 1 unspecified atom stereocenters. The lowest BCUT2D eigenvalue weighted by Crippen LogP contribution is -2.32. The van der Waals surface area contributed by atoms with E-state index < -0.39 is 24.8 Å². The highest BCUT2D eigenvalue weighted by molar-refractivity contribution is 4.75. The fourth-order valence-electron chi connectivity index (χ4n) is 0.761. The van der Waals surface area contributed by atoms with Crippen LogP contribution in [0.4, 0.5) is 13.2 Å². The lowest BCUT2D eigenvalue weighted by Gasteiger charge is -2.23. The molecular formula is C6H11F3O2. The van der Waals surface area contributed by atoms with Crippen molar-refractivity contribution < 1.29 is 23.4 Å². The van der Waals surface area contributed by atoms with Gasteiger partial charge in [0.2, 0.25) is 0 Å². The average Bonchev–Trinajstić information content (AvgIpc) is 1.55. The van der Waals surface area contributed by atoms with Crippen molar-refractivity contribution in [3.63, 3.8) is 0 Å². The largest absolute Gasteiger partial charge is 0.396 e. The van der Waals surface area contributed by atoms with E-state index in [-0.39, 0.29) is 6.42 Å². The molecule has 1 atom stereocenters. The number of hydrogen-bond acceptors (Lipinski definition) is 2. The summed E-state index contributed by atoms with van der Waals surface area (Å²) < 4.78 is 34.9. The van der Waals surface area contributed by atoms with Gasteiger partial charge in [0.15, 0.2) is 0 Å². The number of halogens is 3. The first kappa shape index (κ1) is 10.7. The summed E-state index contributed by atoms with van der Waals surface area (Å²) in [5.41, 5.74) is -1.84. The molecule has 0 aliphatic heterocycles. The van der Waals surface area contributed by atoms with Gasteiger partial charge in [0.1, 0.15) is 0 Å². The predicted octanol–water partition coefficient (Wildman–Crippen LogP) is 1.07. The summed E-state index contributed by atoms with van der Waals surface area (Å²) in [7, 11) is 0. The van der Waals surface area contributed by atoms with Crippen molar-refractivity contribution in [2.75, 3.05) is 6.61 Å². The maximum absolute atomic E-state index is 11.6. The van der Waals surface area contributed by atoms with Gasteiger partial charge < -0.3 is 10.2 Å². The van der Waals surface area contributed by atoms with Crippen LogP contribution in [-0.2, 0) is 0 Å². The molecule has 0 aromatic heterocycles. The Balaban J connectivity index is 3.91. The molecule has 2 nitrogen and oxygen atoms in total. The summed E-state index contributed by atoms with van der Waals surface area (Å²) in [6.07, 6.45) is -5.91. The number of aliphatic hydroxyl groups is 2. The monoisotopic (exact) mass is 172 g/mol. The quantitative estimate of drug-likeness (QED) is 0.668. The molecular weight excluding hydrogens is 161 g/mol. The van der Waals surface area contributed by atoms with Crippen LogP contribution in [0.1, 0.15) is 19.8 Å². The van der Waals surface area contributed by atoms with Crippen molar-refractivity contribution in [3.8, 4) is 0 Å². The zero-order valence-corrected chi connectivity index (χ0v) is 6.15. The predicted molar refractivity (Wildman–Crippen MR) is 33.0 cm³/mol. The Labute approximate surface area is 62.6 Å². The van der Waals surface area contributed by atoms with Gasteiger partial charge in [0.05, 0.1) is 12.0 Å². The fraction of sp³-hybridized carbons (Fsp3) is 1.00. The second kappa shape index (κ2) is 3.40. The molecule has 0 fully saturated rings. The molecule has 0 saturated carbocycles. The Hall–Kier alpha value is -0.290. The summed E-state index contributed by atoms with van der Waals surface area (Å²) in [5.74, 6) is 0. The summed E-state index contributed by atoms with van der Waals surface area (Å²) in [6, 6.07) is 0. The van der Waals surface area contributed by atoms with Crippen LogP contribution in [0.5, 0.6) is 0 Å². The van der Waals surface area contributed by atoms with Gasteiger partial charge in [0, 0.05) is 6.61 Å². The average molecular weight is 172 g/mol. The Kier molecular flexibility index (Phi) is 3.31. The van der Waals surface area contributed by atoms with E-state index in [1.807, 2.05) is 0 Å². The molecule has 0 aromatic carbocycles. The van der Waals surface area contributed by atoms with Crippen LogP contribution in [0.25, 0.3) is 0 Å². The first-order valence-corrected chi connectivity index (χ1v) is 3.17. The van der Waals surface area contributed by atoms with E-state index in [2.05, 4.69) is 0 Å². The van der Waals surface area contributed by atoms with Gasteiger partial charge in [-0.25, -0.2) is 0 Å². The van der Waals surface area contributed by atoms with Crippen molar-refractivity contribution in [1.29, 1.82) is 0 Å². The highest BCUT2D eigenvalue weighted by atomic mass is 19.4. The Morgan fingerprint density at radius 3 is 2.00 bits per heavy atom. The third kappa shape index (κ3) is 6.12. The molecule has 2 N–H and O–H groups in total. The zero-order chi connectivity index (χ0) is 9.12. The smallest absolute Gasteiger partial charge is 0.391 e. The van der Waals surface area contributed by atoms with Crippen molar-refractivity contribution >= 4 is 0 Å². The van der Waals surface area contributed by atoms with Crippen LogP contribution < -0.4 is 0 Å².